The van der Waals surface area contributed by atoms with Crippen molar-refractivity contribution >= 4 is 0 Å². The van der Waals surface area contributed by atoms with Gasteiger partial charge in [0.2, 0.25) is 0 Å². The molecule has 1 aromatic carbocycles. The molecule has 2 rings (SSSR count). The van der Waals surface area contributed by atoms with Crippen molar-refractivity contribution < 1.29 is 9.50 Å². The summed E-state index contributed by atoms with van der Waals surface area (Å²) in [5, 5.41) is 9.55. The smallest absolute Gasteiger partial charge is 0.127 e. The predicted octanol–water partition coefficient (Wildman–Crippen LogP) is 2.24. The van der Waals surface area contributed by atoms with Gasteiger partial charge < -0.3 is 5.11 Å². The SMILES string of the molecule is CC(O)C1(c2ccccc2F)CC1. The van der Waals surface area contributed by atoms with Gasteiger partial charge in [-0.15, -0.1) is 0 Å². The third kappa shape index (κ3) is 1.25. The molecule has 0 amide bonds. The fraction of sp³-hybridized carbons (Fsp3) is 0.455. The van der Waals surface area contributed by atoms with E-state index in [9.17, 15) is 9.50 Å². The molecule has 0 saturated heterocycles. The Morgan fingerprint density at radius 1 is 1.38 bits per heavy atom. The number of halogens is 1. The van der Waals surface area contributed by atoms with E-state index in [1.165, 1.54) is 6.07 Å². The van der Waals surface area contributed by atoms with Crippen LogP contribution in [0.2, 0.25) is 0 Å². The van der Waals surface area contributed by atoms with Crippen LogP contribution in [0, 0.1) is 5.82 Å². The molecule has 1 atom stereocenters. The second-order valence-electron chi connectivity index (χ2n) is 3.81. The first-order valence-electron chi connectivity index (χ1n) is 4.60. The average Bonchev–Trinajstić information content (AvgIpc) is 2.85. The van der Waals surface area contributed by atoms with Crippen LogP contribution in [0.1, 0.15) is 25.3 Å². The van der Waals surface area contributed by atoms with Crippen molar-refractivity contribution in [1.82, 2.24) is 0 Å². The van der Waals surface area contributed by atoms with Crippen LogP contribution in [0.3, 0.4) is 0 Å². The molecule has 1 aliphatic rings. The topological polar surface area (TPSA) is 20.2 Å². The molecule has 1 aromatic rings. The van der Waals surface area contributed by atoms with Gasteiger partial charge in [-0.3, -0.25) is 0 Å². The molecule has 0 spiro atoms. The molecule has 1 saturated carbocycles. The lowest BCUT2D eigenvalue weighted by atomic mass is 9.90. The lowest BCUT2D eigenvalue weighted by Gasteiger charge is -2.19. The summed E-state index contributed by atoms with van der Waals surface area (Å²) in [5.74, 6) is -0.194. The summed E-state index contributed by atoms with van der Waals surface area (Å²) >= 11 is 0. The Morgan fingerprint density at radius 2 is 2.00 bits per heavy atom. The summed E-state index contributed by atoms with van der Waals surface area (Å²) in [6.07, 6.45) is 1.33. The van der Waals surface area contributed by atoms with E-state index in [2.05, 4.69) is 0 Å². The zero-order valence-corrected chi connectivity index (χ0v) is 7.63. The van der Waals surface area contributed by atoms with E-state index in [1.54, 1.807) is 19.1 Å². The molecule has 0 bridgehead atoms. The average molecular weight is 180 g/mol. The summed E-state index contributed by atoms with van der Waals surface area (Å²) in [5.41, 5.74) is 0.385. The first-order valence-corrected chi connectivity index (χ1v) is 4.60. The number of rotatable bonds is 2. The van der Waals surface area contributed by atoms with Gasteiger partial charge in [-0.05, 0) is 31.4 Å². The van der Waals surface area contributed by atoms with E-state index in [0.717, 1.165) is 12.8 Å². The van der Waals surface area contributed by atoms with Crippen LogP contribution in [0.15, 0.2) is 24.3 Å². The van der Waals surface area contributed by atoms with Crippen molar-refractivity contribution in [3.63, 3.8) is 0 Å². The molecule has 2 heteroatoms. The Kier molecular flexibility index (Phi) is 1.88. The Hall–Kier alpha value is -0.890. The normalized spacial score (nSPS) is 21.2. The minimum absolute atomic E-state index is 0.194. The third-order valence-corrected chi connectivity index (χ3v) is 3.00. The molecular formula is C11H13FO. The monoisotopic (exact) mass is 180 g/mol. The van der Waals surface area contributed by atoms with Gasteiger partial charge in [0.25, 0.3) is 0 Å². The van der Waals surface area contributed by atoms with E-state index < -0.39 is 6.10 Å². The van der Waals surface area contributed by atoms with Gasteiger partial charge in [-0.25, -0.2) is 4.39 Å². The summed E-state index contributed by atoms with van der Waals surface area (Å²) in [6.45, 7) is 1.74. The van der Waals surface area contributed by atoms with Crippen molar-refractivity contribution in [2.24, 2.45) is 0 Å². The lowest BCUT2D eigenvalue weighted by molar-refractivity contribution is 0.148. The van der Waals surface area contributed by atoms with Crippen LogP contribution in [0.5, 0.6) is 0 Å². The van der Waals surface area contributed by atoms with E-state index in [4.69, 9.17) is 0 Å². The molecule has 0 aromatic heterocycles. The molecular weight excluding hydrogens is 167 g/mol. The highest BCUT2D eigenvalue weighted by Gasteiger charge is 2.49. The molecule has 13 heavy (non-hydrogen) atoms. The highest BCUT2D eigenvalue weighted by Crippen LogP contribution is 2.51. The Morgan fingerprint density at radius 3 is 2.46 bits per heavy atom. The Balaban J connectivity index is 2.41. The van der Waals surface area contributed by atoms with Crippen LogP contribution in [-0.4, -0.2) is 11.2 Å². The van der Waals surface area contributed by atoms with Crippen molar-refractivity contribution in [3.8, 4) is 0 Å². The predicted molar refractivity (Wildman–Crippen MR) is 49.0 cm³/mol. The fourth-order valence-corrected chi connectivity index (χ4v) is 1.91. The van der Waals surface area contributed by atoms with E-state index >= 15 is 0 Å². The minimum Gasteiger partial charge on any atom is -0.392 e. The molecule has 70 valence electrons. The molecule has 0 heterocycles. The van der Waals surface area contributed by atoms with Gasteiger partial charge in [0, 0.05) is 5.41 Å². The lowest BCUT2D eigenvalue weighted by Crippen LogP contribution is -2.23. The molecule has 1 aliphatic carbocycles. The first-order chi connectivity index (χ1) is 6.17. The summed E-state index contributed by atoms with van der Waals surface area (Å²) < 4.78 is 13.4. The Bertz CT molecular complexity index is 316. The molecule has 1 unspecified atom stereocenters. The largest absolute Gasteiger partial charge is 0.392 e. The van der Waals surface area contributed by atoms with Gasteiger partial charge >= 0.3 is 0 Å². The quantitative estimate of drug-likeness (QED) is 0.740. The third-order valence-electron chi connectivity index (χ3n) is 3.00. The van der Waals surface area contributed by atoms with Crippen LogP contribution < -0.4 is 0 Å². The minimum atomic E-state index is -0.454. The molecule has 1 nitrogen and oxygen atoms in total. The van der Waals surface area contributed by atoms with Crippen molar-refractivity contribution in [1.29, 1.82) is 0 Å². The highest BCUT2D eigenvalue weighted by atomic mass is 19.1. The molecule has 1 N–H and O–H groups in total. The van der Waals surface area contributed by atoms with Gasteiger partial charge in [0.15, 0.2) is 0 Å². The van der Waals surface area contributed by atoms with E-state index in [0.29, 0.717) is 5.56 Å². The van der Waals surface area contributed by atoms with Gasteiger partial charge in [0.1, 0.15) is 5.82 Å². The van der Waals surface area contributed by atoms with E-state index in [-0.39, 0.29) is 11.2 Å². The second-order valence-corrected chi connectivity index (χ2v) is 3.81. The maximum Gasteiger partial charge on any atom is 0.127 e. The summed E-state index contributed by atoms with van der Waals surface area (Å²) in [4.78, 5) is 0. The molecule has 0 aliphatic heterocycles. The zero-order chi connectivity index (χ0) is 9.47. The van der Waals surface area contributed by atoms with Crippen molar-refractivity contribution in [2.45, 2.75) is 31.3 Å². The van der Waals surface area contributed by atoms with Crippen LogP contribution in [-0.2, 0) is 5.41 Å². The number of hydrogen-bond acceptors (Lipinski definition) is 1. The van der Waals surface area contributed by atoms with E-state index in [1.807, 2.05) is 6.07 Å². The first kappa shape index (κ1) is 8.70. The maximum absolute atomic E-state index is 13.4. The standard InChI is InChI=1S/C11H13FO/c1-8(13)11(6-7-11)9-4-2-3-5-10(9)12/h2-5,8,13H,6-7H2,1H3. The van der Waals surface area contributed by atoms with Crippen molar-refractivity contribution in [3.05, 3.63) is 35.6 Å². The Labute approximate surface area is 77.2 Å². The van der Waals surface area contributed by atoms with Gasteiger partial charge in [-0.1, -0.05) is 18.2 Å². The number of benzene rings is 1. The van der Waals surface area contributed by atoms with Crippen LogP contribution in [0.4, 0.5) is 4.39 Å². The fourth-order valence-electron chi connectivity index (χ4n) is 1.91. The zero-order valence-electron chi connectivity index (χ0n) is 7.63. The van der Waals surface area contributed by atoms with Crippen LogP contribution >= 0.6 is 0 Å². The van der Waals surface area contributed by atoms with Crippen molar-refractivity contribution in [2.75, 3.05) is 0 Å². The molecule has 1 fully saturated rings. The van der Waals surface area contributed by atoms with Crippen LogP contribution in [0.25, 0.3) is 0 Å². The number of hydrogen-bond donors (Lipinski definition) is 1. The second kappa shape index (κ2) is 2.81. The maximum atomic E-state index is 13.4. The number of aliphatic hydroxyl groups excluding tert-OH is 1. The van der Waals surface area contributed by atoms with Gasteiger partial charge in [0.05, 0.1) is 6.10 Å². The summed E-state index contributed by atoms with van der Waals surface area (Å²) in [7, 11) is 0. The summed E-state index contributed by atoms with van der Waals surface area (Å²) in [6, 6.07) is 6.73. The molecule has 0 radical (unpaired) electrons. The number of aliphatic hydroxyl groups is 1. The van der Waals surface area contributed by atoms with Gasteiger partial charge in [-0.2, -0.15) is 0 Å². The highest BCUT2D eigenvalue weighted by molar-refractivity contribution is 5.33.